The van der Waals surface area contributed by atoms with Gasteiger partial charge in [0.15, 0.2) is 11.6 Å². The van der Waals surface area contributed by atoms with E-state index in [0.717, 1.165) is 17.2 Å². The van der Waals surface area contributed by atoms with E-state index in [4.69, 9.17) is 4.74 Å². The lowest BCUT2D eigenvalue weighted by Crippen LogP contribution is -2.21. The normalized spacial score (nSPS) is 19.3. The van der Waals surface area contributed by atoms with E-state index in [1.54, 1.807) is 0 Å². The van der Waals surface area contributed by atoms with Crippen LogP contribution in [0.3, 0.4) is 0 Å². The lowest BCUT2D eigenvalue weighted by molar-refractivity contribution is -0.384. The Morgan fingerprint density at radius 3 is 2.83 bits per heavy atom. The van der Waals surface area contributed by atoms with E-state index in [9.17, 15) is 19.6 Å². The lowest BCUT2D eigenvalue weighted by Gasteiger charge is -2.19. The second-order valence-electron chi connectivity index (χ2n) is 5.35. The fraction of sp³-hybridized carbons (Fsp3) is 0.250. The summed E-state index contributed by atoms with van der Waals surface area (Å²) in [6.45, 7) is 0. The number of methoxy groups -OCH3 is 1. The Kier molecular flexibility index (Phi) is 3.87. The first-order chi connectivity index (χ1) is 11.0. The predicted molar refractivity (Wildman–Crippen MR) is 82.1 cm³/mol. The molecule has 0 fully saturated rings. The highest BCUT2D eigenvalue weighted by Crippen LogP contribution is 2.38. The summed E-state index contributed by atoms with van der Waals surface area (Å²) < 4.78 is 18.6. The van der Waals surface area contributed by atoms with Crippen molar-refractivity contribution >= 4 is 11.4 Å². The molecule has 1 aliphatic rings. The van der Waals surface area contributed by atoms with E-state index < -0.39 is 28.6 Å². The molecule has 2 aromatic carbocycles. The summed E-state index contributed by atoms with van der Waals surface area (Å²) in [4.78, 5) is 10.5. The third kappa shape index (κ3) is 2.70. The van der Waals surface area contributed by atoms with Gasteiger partial charge in [0, 0.05) is 12.5 Å². The topological polar surface area (TPSA) is 84.6 Å². The van der Waals surface area contributed by atoms with Gasteiger partial charge in [0.05, 0.1) is 30.2 Å². The monoisotopic (exact) mass is 318 g/mol. The molecule has 0 radical (unpaired) electrons. The summed E-state index contributed by atoms with van der Waals surface area (Å²) in [5.74, 6) is -0.906. The van der Waals surface area contributed by atoms with E-state index in [1.165, 1.54) is 13.2 Å². The highest BCUT2D eigenvalue weighted by Gasteiger charge is 2.32. The summed E-state index contributed by atoms with van der Waals surface area (Å²) >= 11 is 0. The van der Waals surface area contributed by atoms with Gasteiger partial charge in [-0.2, -0.15) is 0 Å². The van der Waals surface area contributed by atoms with Crippen LogP contribution < -0.4 is 10.1 Å². The fourth-order valence-corrected chi connectivity index (χ4v) is 2.88. The summed E-state index contributed by atoms with van der Waals surface area (Å²) in [6, 6.07) is 9.02. The molecule has 7 heteroatoms. The SMILES string of the molecule is COc1cc(N[C@H]2c3ccccc3C[C@H]2O)c([N+](=O)[O-])cc1F. The molecule has 120 valence electrons. The number of nitrogens with zero attached hydrogens (tertiary/aromatic N) is 1. The van der Waals surface area contributed by atoms with Crippen LogP contribution >= 0.6 is 0 Å². The van der Waals surface area contributed by atoms with Crippen LogP contribution in [0, 0.1) is 15.9 Å². The van der Waals surface area contributed by atoms with Gasteiger partial charge in [-0.1, -0.05) is 24.3 Å². The van der Waals surface area contributed by atoms with Crippen LogP contribution in [0.4, 0.5) is 15.8 Å². The second kappa shape index (κ2) is 5.85. The van der Waals surface area contributed by atoms with E-state index in [0.29, 0.717) is 6.42 Å². The summed E-state index contributed by atoms with van der Waals surface area (Å²) in [6.07, 6.45) is -0.261. The molecule has 0 unspecified atom stereocenters. The third-order valence-corrected chi connectivity index (χ3v) is 3.98. The van der Waals surface area contributed by atoms with Crippen molar-refractivity contribution in [2.45, 2.75) is 18.6 Å². The number of nitrogens with one attached hydrogen (secondary N) is 1. The maximum absolute atomic E-state index is 13.7. The Balaban J connectivity index is 2.01. The fourth-order valence-electron chi connectivity index (χ4n) is 2.88. The maximum Gasteiger partial charge on any atom is 0.295 e. The predicted octanol–water partition coefficient (Wildman–Crippen LogP) is 2.81. The molecule has 0 spiro atoms. The largest absolute Gasteiger partial charge is 0.494 e. The standard InChI is InChI=1S/C16H15FN2O4/c1-23-15-8-12(13(19(21)22)7-11(15)17)18-16-10-5-3-2-4-9(10)6-14(16)20/h2-5,7-8,14,16,18,20H,6H2,1H3/t14-,16+/m1/s1. The molecule has 2 N–H and O–H groups in total. The summed E-state index contributed by atoms with van der Waals surface area (Å²) in [5, 5.41) is 24.4. The number of halogens is 1. The molecule has 0 saturated carbocycles. The van der Waals surface area contributed by atoms with Gasteiger partial charge in [-0.3, -0.25) is 10.1 Å². The number of hydrogen-bond donors (Lipinski definition) is 2. The van der Waals surface area contributed by atoms with Crippen LogP contribution in [-0.2, 0) is 6.42 Å². The number of benzene rings is 2. The molecule has 1 aliphatic carbocycles. The quantitative estimate of drug-likeness (QED) is 0.669. The Morgan fingerprint density at radius 1 is 1.39 bits per heavy atom. The first-order valence-corrected chi connectivity index (χ1v) is 7.05. The van der Waals surface area contributed by atoms with Gasteiger partial charge in [0.1, 0.15) is 5.69 Å². The van der Waals surface area contributed by atoms with Crippen molar-refractivity contribution in [1.82, 2.24) is 0 Å². The second-order valence-corrected chi connectivity index (χ2v) is 5.35. The Hall–Kier alpha value is -2.67. The van der Waals surface area contributed by atoms with Crippen LogP contribution in [0.2, 0.25) is 0 Å². The molecule has 0 saturated heterocycles. The Bertz CT molecular complexity index is 766. The Labute approximate surface area is 131 Å². The van der Waals surface area contributed by atoms with Crippen molar-refractivity contribution in [3.05, 3.63) is 63.5 Å². The van der Waals surface area contributed by atoms with Crippen molar-refractivity contribution in [3.8, 4) is 5.75 Å². The van der Waals surface area contributed by atoms with Crippen molar-refractivity contribution in [1.29, 1.82) is 0 Å². The van der Waals surface area contributed by atoms with Crippen LogP contribution in [0.15, 0.2) is 36.4 Å². The highest BCUT2D eigenvalue weighted by atomic mass is 19.1. The molecule has 6 nitrogen and oxygen atoms in total. The number of fused-ring (bicyclic) bond motifs is 1. The molecule has 0 bridgehead atoms. The minimum absolute atomic E-state index is 0.0983. The van der Waals surface area contributed by atoms with Gasteiger partial charge in [0.2, 0.25) is 0 Å². The van der Waals surface area contributed by atoms with Gasteiger partial charge in [0.25, 0.3) is 5.69 Å². The van der Waals surface area contributed by atoms with Crippen molar-refractivity contribution in [2.24, 2.45) is 0 Å². The number of nitro groups is 1. The first-order valence-electron chi connectivity index (χ1n) is 7.05. The van der Waals surface area contributed by atoms with Gasteiger partial charge in [-0.05, 0) is 11.1 Å². The van der Waals surface area contributed by atoms with Crippen LogP contribution in [-0.4, -0.2) is 23.2 Å². The maximum atomic E-state index is 13.7. The minimum atomic E-state index is -0.808. The molecule has 3 rings (SSSR count). The number of nitro benzene ring substituents is 1. The summed E-state index contributed by atoms with van der Waals surface area (Å²) in [5.41, 5.74) is 1.56. The molecule has 23 heavy (non-hydrogen) atoms. The van der Waals surface area contributed by atoms with Crippen LogP contribution in [0.25, 0.3) is 0 Å². The number of aliphatic hydroxyl groups excluding tert-OH is 1. The van der Waals surface area contributed by atoms with Crippen LogP contribution in [0.1, 0.15) is 17.2 Å². The zero-order chi connectivity index (χ0) is 16.6. The van der Waals surface area contributed by atoms with E-state index in [-0.39, 0.29) is 11.4 Å². The van der Waals surface area contributed by atoms with E-state index in [2.05, 4.69) is 5.32 Å². The average Bonchev–Trinajstić information content (AvgIpc) is 2.84. The van der Waals surface area contributed by atoms with Gasteiger partial charge in [-0.25, -0.2) is 4.39 Å². The molecule has 0 aromatic heterocycles. The van der Waals surface area contributed by atoms with Crippen molar-refractivity contribution in [3.63, 3.8) is 0 Å². The molecular weight excluding hydrogens is 303 g/mol. The first kappa shape index (κ1) is 15.2. The minimum Gasteiger partial charge on any atom is -0.494 e. The molecule has 0 aliphatic heterocycles. The van der Waals surface area contributed by atoms with Gasteiger partial charge >= 0.3 is 0 Å². The van der Waals surface area contributed by atoms with Crippen LogP contribution in [0.5, 0.6) is 5.75 Å². The number of hydrogen-bond acceptors (Lipinski definition) is 5. The number of anilines is 1. The number of aliphatic hydroxyl groups is 1. The lowest BCUT2D eigenvalue weighted by atomic mass is 10.1. The molecule has 0 amide bonds. The molecule has 2 aromatic rings. The van der Waals surface area contributed by atoms with Crippen molar-refractivity contribution < 1.29 is 19.2 Å². The van der Waals surface area contributed by atoms with Gasteiger partial charge < -0.3 is 15.2 Å². The van der Waals surface area contributed by atoms with Gasteiger partial charge in [-0.15, -0.1) is 0 Å². The van der Waals surface area contributed by atoms with Crippen molar-refractivity contribution in [2.75, 3.05) is 12.4 Å². The smallest absolute Gasteiger partial charge is 0.295 e. The molecule has 2 atom stereocenters. The molecular formula is C16H15FN2O4. The average molecular weight is 318 g/mol. The molecule has 0 heterocycles. The zero-order valence-electron chi connectivity index (χ0n) is 12.3. The highest BCUT2D eigenvalue weighted by molar-refractivity contribution is 5.66. The van der Waals surface area contributed by atoms with E-state index in [1.807, 2.05) is 24.3 Å². The number of ether oxygens (including phenoxy) is 1. The summed E-state index contributed by atoms with van der Waals surface area (Å²) in [7, 11) is 1.29. The number of rotatable bonds is 4. The third-order valence-electron chi connectivity index (χ3n) is 3.98. The Morgan fingerprint density at radius 2 is 2.13 bits per heavy atom. The zero-order valence-corrected chi connectivity index (χ0v) is 12.3. The van der Waals surface area contributed by atoms with E-state index >= 15 is 0 Å².